The van der Waals surface area contributed by atoms with Crippen LogP contribution in [0.15, 0.2) is 42.5 Å². The predicted molar refractivity (Wildman–Crippen MR) is 118 cm³/mol. The summed E-state index contributed by atoms with van der Waals surface area (Å²) in [5.74, 6) is 0.0628. The van der Waals surface area contributed by atoms with Gasteiger partial charge in [0.2, 0.25) is 0 Å². The van der Waals surface area contributed by atoms with Crippen LogP contribution >= 0.6 is 0 Å². The highest BCUT2D eigenvalue weighted by Gasteiger charge is 2.40. The van der Waals surface area contributed by atoms with E-state index in [1.807, 2.05) is 36.4 Å². The Morgan fingerprint density at radius 3 is 2.71 bits per heavy atom. The molecule has 1 fully saturated rings. The summed E-state index contributed by atoms with van der Waals surface area (Å²) in [6.45, 7) is 5.34. The molecule has 2 atom stereocenters. The average Bonchev–Trinajstić information content (AvgIpc) is 3.17. The molecule has 7 nitrogen and oxygen atoms in total. The van der Waals surface area contributed by atoms with Gasteiger partial charge in [-0.2, -0.15) is 0 Å². The Kier molecular flexibility index (Phi) is 6.25. The number of nitrogens with one attached hydrogen (secondary N) is 3. The molecule has 2 aromatic rings. The predicted octanol–water partition coefficient (Wildman–Crippen LogP) is 1.85. The van der Waals surface area contributed by atoms with Gasteiger partial charge in [0.15, 0.2) is 0 Å². The van der Waals surface area contributed by atoms with Crippen molar-refractivity contribution in [1.29, 1.82) is 0 Å². The third kappa shape index (κ3) is 4.29. The number of ether oxygens (including phenoxy) is 2. The third-order valence-corrected chi connectivity index (χ3v) is 6.09. The molecule has 0 spiro atoms. The molecule has 2 heterocycles. The van der Waals surface area contributed by atoms with E-state index >= 15 is 0 Å². The highest BCUT2D eigenvalue weighted by molar-refractivity contribution is 6.02. The molecular formula is C24H29N3O4. The number of carbonyl (C=O) groups excluding carboxylic acids is 2. The van der Waals surface area contributed by atoms with Gasteiger partial charge in [-0.1, -0.05) is 30.3 Å². The number of hydrogen-bond acceptors (Lipinski definition) is 5. The number of hydrogen-bond donors (Lipinski definition) is 3. The lowest BCUT2D eigenvalue weighted by atomic mass is 9.77. The average molecular weight is 424 g/mol. The number of carbonyl (C=O) groups is 2. The van der Waals surface area contributed by atoms with E-state index in [0.717, 1.165) is 30.6 Å². The SMILES string of the molecule is CNC(=O)c1cc(C(=O)NCC[C@H]2CNCCO2)cc2c1OC[C@]2(C)c1ccccc1. The van der Waals surface area contributed by atoms with Gasteiger partial charge in [0.25, 0.3) is 11.8 Å². The van der Waals surface area contributed by atoms with Crippen molar-refractivity contribution in [3.05, 3.63) is 64.7 Å². The lowest BCUT2D eigenvalue weighted by Crippen LogP contribution is -2.40. The standard InChI is InChI=1S/C24H29N3O4/c1-24(17-6-4-3-5-7-17)15-31-21-19(23(29)25-2)12-16(13-20(21)24)22(28)27-9-8-18-14-26-10-11-30-18/h3-7,12-13,18,26H,8-11,14-15H2,1-2H3,(H,25,29)(H,27,28)/t18-,24+/m0/s1. The Morgan fingerprint density at radius 2 is 2.00 bits per heavy atom. The molecule has 4 rings (SSSR count). The number of fused-ring (bicyclic) bond motifs is 1. The Balaban J connectivity index is 1.61. The minimum Gasteiger partial charge on any atom is -0.491 e. The Morgan fingerprint density at radius 1 is 1.19 bits per heavy atom. The first kappa shape index (κ1) is 21.3. The first-order valence-electron chi connectivity index (χ1n) is 10.7. The lowest BCUT2D eigenvalue weighted by molar-refractivity contribution is 0.0239. The van der Waals surface area contributed by atoms with Gasteiger partial charge in [-0.05, 0) is 31.0 Å². The summed E-state index contributed by atoms with van der Waals surface area (Å²) in [4.78, 5) is 25.5. The van der Waals surface area contributed by atoms with Crippen molar-refractivity contribution in [3.63, 3.8) is 0 Å². The third-order valence-electron chi connectivity index (χ3n) is 6.09. The zero-order valence-corrected chi connectivity index (χ0v) is 18.0. The van der Waals surface area contributed by atoms with E-state index in [1.165, 1.54) is 0 Å². The van der Waals surface area contributed by atoms with Gasteiger partial charge in [-0.3, -0.25) is 9.59 Å². The van der Waals surface area contributed by atoms with Crippen molar-refractivity contribution in [2.24, 2.45) is 0 Å². The molecule has 2 aliphatic heterocycles. The van der Waals surface area contributed by atoms with Crippen molar-refractivity contribution in [2.75, 3.05) is 39.9 Å². The summed E-state index contributed by atoms with van der Waals surface area (Å²) in [7, 11) is 1.57. The number of morpholine rings is 1. The van der Waals surface area contributed by atoms with E-state index < -0.39 is 5.41 Å². The highest BCUT2D eigenvalue weighted by atomic mass is 16.5. The van der Waals surface area contributed by atoms with Gasteiger partial charge in [0.05, 0.1) is 23.7 Å². The summed E-state index contributed by atoms with van der Waals surface area (Å²) in [5.41, 5.74) is 2.32. The molecule has 2 aliphatic rings. The molecule has 0 aromatic heterocycles. The van der Waals surface area contributed by atoms with Crippen LogP contribution in [-0.2, 0) is 10.2 Å². The number of amides is 2. The van der Waals surface area contributed by atoms with Crippen LogP contribution in [0.3, 0.4) is 0 Å². The second-order valence-corrected chi connectivity index (χ2v) is 8.21. The van der Waals surface area contributed by atoms with E-state index in [1.54, 1.807) is 13.1 Å². The Labute approximate surface area is 182 Å². The van der Waals surface area contributed by atoms with Crippen LogP contribution in [0.5, 0.6) is 5.75 Å². The largest absolute Gasteiger partial charge is 0.491 e. The fourth-order valence-electron chi connectivity index (χ4n) is 4.22. The van der Waals surface area contributed by atoms with Crippen molar-refractivity contribution in [3.8, 4) is 5.75 Å². The normalized spacial score (nSPS) is 22.3. The maximum atomic E-state index is 13.0. The van der Waals surface area contributed by atoms with Crippen molar-refractivity contribution >= 4 is 11.8 Å². The molecule has 31 heavy (non-hydrogen) atoms. The van der Waals surface area contributed by atoms with Gasteiger partial charge in [0.1, 0.15) is 12.4 Å². The van der Waals surface area contributed by atoms with Crippen molar-refractivity contribution < 1.29 is 19.1 Å². The minimum atomic E-state index is -0.447. The van der Waals surface area contributed by atoms with Crippen LogP contribution in [-0.4, -0.2) is 57.8 Å². The topological polar surface area (TPSA) is 88.7 Å². The first-order chi connectivity index (χ1) is 15.0. The minimum absolute atomic E-state index is 0.102. The number of rotatable bonds is 6. The van der Waals surface area contributed by atoms with Crippen LogP contribution in [0, 0.1) is 0 Å². The Hall–Kier alpha value is -2.90. The smallest absolute Gasteiger partial charge is 0.254 e. The summed E-state index contributed by atoms with van der Waals surface area (Å²) in [6, 6.07) is 13.5. The zero-order chi connectivity index (χ0) is 21.8. The van der Waals surface area contributed by atoms with Crippen LogP contribution < -0.4 is 20.7 Å². The van der Waals surface area contributed by atoms with Crippen molar-refractivity contribution in [1.82, 2.24) is 16.0 Å². The van der Waals surface area contributed by atoms with Gasteiger partial charge >= 0.3 is 0 Å². The monoisotopic (exact) mass is 423 g/mol. The molecule has 1 saturated heterocycles. The van der Waals surface area contributed by atoms with Crippen LogP contribution in [0.2, 0.25) is 0 Å². The fraction of sp³-hybridized carbons (Fsp3) is 0.417. The first-order valence-corrected chi connectivity index (χ1v) is 10.7. The van der Waals surface area contributed by atoms with Crippen LogP contribution in [0.1, 0.15) is 45.2 Å². The zero-order valence-electron chi connectivity index (χ0n) is 18.0. The molecule has 0 radical (unpaired) electrons. The molecular weight excluding hydrogens is 394 g/mol. The van der Waals surface area contributed by atoms with Crippen molar-refractivity contribution in [2.45, 2.75) is 24.9 Å². The van der Waals surface area contributed by atoms with Gasteiger partial charge in [0, 0.05) is 37.8 Å². The number of benzene rings is 2. The lowest BCUT2D eigenvalue weighted by Gasteiger charge is -2.24. The molecule has 3 N–H and O–H groups in total. The maximum absolute atomic E-state index is 13.0. The summed E-state index contributed by atoms with van der Waals surface area (Å²) in [5, 5.41) is 8.91. The van der Waals surface area contributed by atoms with E-state index in [4.69, 9.17) is 9.47 Å². The fourth-order valence-corrected chi connectivity index (χ4v) is 4.22. The van der Waals surface area contributed by atoms with Gasteiger partial charge in [-0.15, -0.1) is 0 Å². The van der Waals surface area contributed by atoms with Crippen LogP contribution in [0.4, 0.5) is 0 Å². The van der Waals surface area contributed by atoms with Gasteiger partial charge in [-0.25, -0.2) is 0 Å². The molecule has 0 bridgehead atoms. The molecule has 2 amide bonds. The molecule has 7 heteroatoms. The molecule has 2 aromatic carbocycles. The molecule has 0 saturated carbocycles. The van der Waals surface area contributed by atoms with E-state index in [9.17, 15) is 9.59 Å². The molecule has 0 aliphatic carbocycles. The second kappa shape index (κ2) is 9.08. The van der Waals surface area contributed by atoms with E-state index in [0.29, 0.717) is 36.6 Å². The quantitative estimate of drug-likeness (QED) is 0.660. The second-order valence-electron chi connectivity index (χ2n) is 8.21. The Bertz CT molecular complexity index is 957. The maximum Gasteiger partial charge on any atom is 0.254 e. The van der Waals surface area contributed by atoms with Gasteiger partial charge < -0.3 is 25.4 Å². The molecule has 164 valence electrons. The van der Waals surface area contributed by atoms with E-state index in [-0.39, 0.29) is 17.9 Å². The highest BCUT2D eigenvalue weighted by Crippen LogP contribution is 2.45. The molecule has 0 unspecified atom stereocenters. The summed E-state index contributed by atoms with van der Waals surface area (Å²) in [6.07, 6.45) is 0.835. The summed E-state index contributed by atoms with van der Waals surface area (Å²) < 4.78 is 11.7. The van der Waals surface area contributed by atoms with Crippen LogP contribution in [0.25, 0.3) is 0 Å². The van der Waals surface area contributed by atoms with E-state index in [2.05, 4.69) is 22.9 Å². The summed E-state index contributed by atoms with van der Waals surface area (Å²) >= 11 is 0.